The molecule has 1 aromatic carbocycles. The minimum Gasteiger partial charge on any atom is -0.396 e. The lowest BCUT2D eigenvalue weighted by Crippen LogP contribution is -2.16. The SMILES string of the molecule is OCCC1(CNc2ccnc3cc(F)ccc23)CC1. The molecule has 2 aromatic rings. The van der Waals surface area contributed by atoms with Gasteiger partial charge in [0.15, 0.2) is 0 Å². The largest absolute Gasteiger partial charge is 0.396 e. The highest BCUT2D eigenvalue weighted by atomic mass is 19.1. The number of hydrogen-bond donors (Lipinski definition) is 2. The zero-order valence-corrected chi connectivity index (χ0v) is 10.7. The van der Waals surface area contributed by atoms with Gasteiger partial charge >= 0.3 is 0 Å². The first kappa shape index (κ1) is 12.4. The number of nitrogens with one attached hydrogen (secondary N) is 1. The molecular formula is C15H17FN2O. The van der Waals surface area contributed by atoms with Gasteiger partial charge in [0.2, 0.25) is 0 Å². The first-order valence-corrected chi connectivity index (χ1v) is 6.61. The van der Waals surface area contributed by atoms with Crippen LogP contribution in [0.15, 0.2) is 30.5 Å². The standard InChI is InChI=1S/C15H17FN2O/c16-11-1-2-12-13(3-7-17-14(12)9-11)18-10-15(4-5-15)6-8-19/h1-3,7,9,19H,4-6,8,10H2,(H,17,18). The fourth-order valence-corrected chi connectivity index (χ4v) is 2.49. The summed E-state index contributed by atoms with van der Waals surface area (Å²) in [5.41, 5.74) is 1.90. The molecule has 3 nitrogen and oxygen atoms in total. The molecule has 3 rings (SSSR count). The lowest BCUT2D eigenvalue weighted by atomic mass is 10.0. The summed E-state index contributed by atoms with van der Waals surface area (Å²) in [4.78, 5) is 4.18. The number of halogens is 1. The summed E-state index contributed by atoms with van der Waals surface area (Å²) in [5, 5.41) is 13.4. The Morgan fingerprint density at radius 3 is 2.89 bits per heavy atom. The highest BCUT2D eigenvalue weighted by Crippen LogP contribution is 2.48. The van der Waals surface area contributed by atoms with E-state index in [4.69, 9.17) is 5.11 Å². The van der Waals surface area contributed by atoms with Crippen LogP contribution in [0.3, 0.4) is 0 Å². The van der Waals surface area contributed by atoms with Crippen LogP contribution in [0.2, 0.25) is 0 Å². The van der Waals surface area contributed by atoms with Crippen LogP contribution in [0.4, 0.5) is 10.1 Å². The molecule has 0 saturated heterocycles. The highest BCUT2D eigenvalue weighted by Gasteiger charge is 2.41. The Morgan fingerprint density at radius 1 is 1.32 bits per heavy atom. The zero-order chi connectivity index (χ0) is 13.3. The minimum atomic E-state index is -0.268. The second-order valence-electron chi connectivity index (χ2n) is 5.35. The van der Waals surface area contributed by atoms with Gasteiger partial charge in [-0.2, -0.15) is 0 Å². The number of anilines is 1. The van der Waals surface area contributed by atoms with E-state index in [9.17, 15) is 4.39 Å². The van der Waals surface area contributed by atoms with E-state index < -0.39 is 0 Å². The molecule has 0 amide bonds. The number of aliphatic hydroxyl groups is 1. The zero-order valence-electron chi connectivity index (χ0n) is 10.7. The van der Waals surface area contributed by atoms with Gasteiger partial charge in [0.05, 0.1) is 5.52 Å². The summed E-state index contributed by atoms with van der Waals surface area (Å²) in [6.07, 6.45) is 4.86. The average molecular weight is 260 g/mol. The van der Waals surface area contributed by atoms with Crippen LogP contribution >= 0.6 is 0 Å². The number of rotatable bonds is 5. The van der Waals surface area contributed by atoms with Crippen molar-refractivity contribution in [3.63, 3.8) is 0 Å². The number of fused-ring (bicyclic) bond motifs is 1. The third-order valence-electron chi connectivity index (χ3n) is 3.96. The molecule has 0 atom stereocenters. The number of nitrogens with zero attached hydrogens (tertiary/aromatic N) is 1. The molecular weight excluding hydrogens is 243 g/mol. The first-order chi connectivity index (χ1) is 9.22. The fourth-order valence-electron chi connectivity index (χ4n) is 2.49. The second-order valence-corrected chi connectivity index (χ2v) is 5.35. The van der Waals surface area contributed by atoms with Crippen molar-refractivity contribution in [2.75, 3.05) is 18.5 Å². The van der Waals surface area contributed by atoms with Crippen molar-refractivity contribution >= 4 is 16.6 Å². The van der Waals surface area contributed by atoms with Crippen molar-refractivity contribution in [3.8, 4) is 0 Å². The van der Waals surface area contributed by atoms with Gasteiger partial charge in [-0.25, -0.2) is 4.39 Å². The van der Waals surface area contributed by atoms with Crippen LogP contribution in [0.25, 0.3) is 10.9 Å². The molecule has 1 aliphatic rings. The Labute approximate surface area is 111 Å². The predicted octanol–water partition coefficient (Wildman–Crippen LogP) is 2.95. The van der Waals surface area contributed by atoms with Gasteiger partial charge in [0, 0.05) is 36.5 Å². The lowest BCUT2D eigenvalue weighted by Gasteiger charge is -2.16. The van der Waals surface area contributed by atoms with Gasteiger partial charge in [-0.3, -0.25) is 4.98 Å². The molecule has 1 aromatic heterocycles. The van der Waals surface area contributed by atoms with Crippen LogP contribution in [0, 0.1) is 11.2 Å². The van der Waals surface area contributed by atoms with Crippen molar-refractivity contribution in [2.24, 2.45) is 5.41 Å². The molecule has 4 heteroatoms. The van der Waals surface area contributed by atoms with E-state index in [0.717, 1.165) is 36.9 Å². The second kappa shape index (κ2) is 4.78. The Bertz CT molecular complexity index is 596. The maximum absolute atomic E-state index is 13.2. The summed E-state index contributed by atoms with van der Waals surface area (Å²) in [7, 11) is 0. The summed E-state index contributed by atoms with van der Waals surface area (Å²) in [5.74, 6) is -0.268. The lowest BCUT2D eigenvalue weighted by molar-refractivity contribution is 0.253. The molecule has 2 N–H and O–H groups in total. The van der Waals surface area contributed by atoms with Crippen LogP contribution in [-0.4, -0.2) is 23.2 Å². The summed E-state index contributed by atoms with van der Waals surface area (Å²) >= 11 is 0. The number of pyridine rings is 1. The molecule has 1 saturated carbocycles. The number of hydrogen-bond acceptors (Lipinski definition) is 3. The molecule has 0 spiro atoms. The maximum atomic E-state index is 13.2. The molecule has 1 heterocycles. The van der Waals surface area contributed by atoms with Gasteiger partial charge < -0.3 is 10.4 Å². The topological polar surface area (TPSA) is 45.1 Å². The maximum Gasteiger partial charge on any atom is 0.125 e. The van der Waals surface area contributed by atoms with E-state index in [-0.39, 0.29) is 17.8 Å². The Morgan fingerprint density at radius 2 is 2.16 bits per heavy atom. The molecule has 0 aliphatic heterocycles. The Balaban J connectivity index is 1.81. The summed E-state index contributed by atoms with van der Waals surface area (Å²) < 4.78 is 13.2. The predicted molar refractivity (Wildman–Crippen MR) is 73.6 cm³/mol. The van der Waals surface area contributed by atoms with Crippen LogP contribution in [0.5, 0.6) is 0 Å². The van der Waals surface area contributed by atoms with Crippen molar-refractivity contribution in [2.45, 2.75) is 19.3 Å². The summed E-state index contributed by atoms with van der Waals surface area (Å²) in [6.45, 7) is 1.09. The highest BCUT2D eigenvalue weighted by molar-refractivity contribution is 5.90. The average Bonchev–Trinajstić information content (AvgIpc) is 3.16. The minimum absolute atomic E-state index is 0.240. The van der Waals surface area contributed by atoms with Crippen molar-refractivity contribution < 1.29 is 9.50 Å². The molecule has 19 heavy (non-hydrogen) atoms. The van der Waals surface area contributed by atoms with Gasteiger partial charge in [-0.05, 0) is 42.9 Å². The van der Waals surface area contributed by atoms with E-state index in [2.05, 4.69) is 10.3 Å². The fraction of sp³-hybridized carbons (Fsp3) is 0.400. The third-order valence-corrected chi connectivity index (χ3v) is 3.96. The van der Waals surface area contributed by atoms with Gasteiger partial charge in [0.1, 0.15) is 5.82 Å². The summed E-state index contributed by atoms with van der Waals surface area (Å²) in [6, 6.07) is 6.57. The quantitative estimate of drug-likeness (QED) is 0.868. The van der Waals surface area contributed by atoms with Crippen molar-refractivity contribution in [3.05, 3.63) is 36.3 Å². The Kier molecular flexibility index (Phi) is 3.11. The van der Waals surface area contributed by atoms with Crippen LogP contribution < -0.4 is 5.32 Å². The van der Waals surface area contributed by atoms with E-state index in [0.29, 0.717) is 5.52 Å². The Hall–Kier alpha value is -1.68. The van der Waals surface area contributed by atoms with E-state index in [1.165, 1.54) is 12.1 Å². The van der Waals surface area contributed by atoms with Crippen molar-refractivity contribution in [1.29, 1.82) is 0 Å². The van der Waals surface area contributed by atoms with Crippen LogP contribution in [0.1, 0.15) is 19.3 Å². The molecule has 0 radical (unpaired) electrons. The smallest absolute Gasteiger partial charge is 0.125 e. The number of aliphatic hydroxyl groups excluding tert-OH is 1. The number of aromatic nitrogens is 1. The molecule has 0 unspecified atom stereocenters. The van der Waals surface area contributed by atoms with E-state index >= 15 is 0 Å². The van der Waals surface area contributed by atoms with Gasteiger partial charge in [0.25, 0.3) is 0 Å². The van der Waals surface area contributed by atoms with Crippen molar-refractivity contribution in [1.82, 2.24) is 4.98 Å². The van der Waals surface area contributed by atoms with Gasteiger partial charge in [-0.1, -0.05) is 0 Å². The third kappa shape index (κ3) is 2.54. The monoisotopic (exact) mass is 260 g/mol. The molecule has 1 fully saturated rings. The first-order valence-electron chi connectivity index (χ1n) is 6.61. The van der Waals surface area contributed by atoms with Crippen LogP contribution in [-0.2, 0) is 0 Å². The van der Waals surface area contributed by atoms with E-state index in [1.807, 2.05) is 6.07 Å². The normalized spacial score (nSPS) is 16.5. The van der Waals surface area contributed by atoms with Gasteiger partial charge in [-0.15, -0.1) is 0 Å². The van der Waals surface area contributed by atoms with E-state index in [1.54, 1.807) is 12.3 Å². The molecule has 1 aliphatic carbocycles. The number of benzene rings is 1. The molecule has 100 valence electrons. The molecule has 0 bridgehead atoms.